The number of pyridine rings is 1. The fraction of sp³-hybridized carbons (Fsp3) is 0.571. The molecule has 2 saturated heterocycles. The van der Waals surface area contributed by atoms with E-state index in [1.54, 1.807) is 16.4 Å². The molecule has 1 aromatic heterocycles. The van der Waals surface area contributed by atoms with Crippen LogP contribution in [-0.4, -0.2) is 56.3 Å². The van der Waals surface area contributed by atoms with Gasteiger partial charge in [-0.2, -0.15) is 4.31 Å². The van der Waals surface area contributed by atoms with E-state index < -0.39 is 10.0 Å². The Bertz CT molecular complexity index is 1220. The Labute approximate surface area is 215 Å². The summed E-state index contributed by atoms with van der Waals surface area (Å²) in [6.45, 7) is 3.45. The highest BCUT2D eigenvalue weighted by Gasteiger charge is 2.28. The number of hydrogen-bond donors (Lipinski definition) is 1. The molecule has 0 spiro atoms. The minimum atomic E-state index is -3.47. The van der Waals surface area contributed by atoms with Gasteiger partial charge in [-0.3, -0.25) is 4.79 Å². The van der Waals surface area contributed by atoms with E-state index in [4.69, 9.17) is 4.98 Å². The van der Waals surface area contributed by atoms with Crippen molar-refractivity contribution in [3.8, 4) is 0 Å². The quantitative estimate of drug-likeness (QED) is 0.549. The minimum Gasteiger partial charge on any atom is -0.356 e. The van der Waals surface area contributed by atoms with Gasteiger partial charge in [0.05, 0.1) is 16.3 Å². The molecule has 3 heterocycles. The van der Waals surface area contributed by atoms with Gasteiger partial charge in [0.15, 0.2) is 0 Å². The summed E-state index contributed by atoms with van der Waals surface area (Å²) in [6, 6.07) is 9.13. The van der Waals surface area contributed by atoms with Gasteiger partial charge in [-0.1, -0.05) is 18.1 Å². The van der Waals surface area contributed by atoms with Crippen LogP contribution in [0.25, 0.3) is 10.9 Å². The number of hydrogen-bond acceptors (Lipinski definition) is 5. The predicted molar refractivity (Wildman–Crippen MR) is 143 cm³/mol. The Morgan fingerprint density at radius 3 is 2.67 bits per heavy atom. The summed E-state index contributed by atoms with van der Waals surface area (Å²) in [5, 5.41) is 3.98. The maximum absolute atomic E-state index is 13.1. The molecule has 2 fully saturated rings. The van der Waals surface area contributed by atoms with Crippen LogP contribution < -0.4 is 10.2 Å². The molecular formula is C28H38N4O3S. The molecule has 0 unspecified atom stereocenters. The molecule has 1 amide bonds. The average molecular weight is 511 g/mol. The molecule has 1 aromatic carbocycles. The lowest BCUT2D eigenvalue weighted by atomic mass is 9.96. The number of carbonyl (C=O) groups excluding carboxylic acids is 1. The second-order valence-electron chi connectivity index (χ2n) is 10.4. The van der Waals surface area contributed by atoms with Crippen LogP contribution in [0.4, 0.5) is 5.82 Å². The van der Waals surface area contributed by atoms with Gasteiger partial charge in [0, 0.05) is 38.1 Å². The van der Waals surface area contributed by atoms with Crippen molar-refractivity contribution in [1.82, 2.24) is 14.6 Å². The van der Waals surface area contributed by atoms with Gasteiger partial charge in [-0.05, 0) is 88.1 Å². The zero-order valence-corrected chi connectivity index (χ0v) is 21.9. The van der Waals surface area contributed by atoms with Gasteiger partial charge in [0.2, 0.25) is 15.9 Å². The van der Waals surface area contributed by atoms with Gasteiger partial charge in [0.25, 0.3) is 0 Å². The van der Waals surface area contributed by atoms with Gasteiger partial charge >= 0.3 is 0 Å². The summed E-state index contributed by atoms with van der Waals surface area (Å²) in [5.74, 6) is 0.956. The highest BCUT2D eigenvalue weighted by Crippen LogP contribution is 2.27. The van der Waals surface area contributed by atoms with E-state index in [9.17, 15) is 13.2 Å². The Kier molecular flexibility index (Phi) is 7.91. The minimum absolute atomic E-state index is 0.0337. The summed E-state index contributed by atoms with van der Waals surface area (Å²) >= 11 is 0. The van der Waals surface area contributed by atoms with Gasteiger partial charge in [-0.25, -0.2) is 13.4 Å². The highest BCUT2D eigenvalue weighted by atomic mass is 32.2. The molecule has 2 aliphatic heterocycles. The Morgan fingerprint density at radius 2 is 1.86 bits per heavy atom. The molecule has 8 heteroatoms. The lowest BCUT2D eigenvalue weighted by molar-refractivity contribution is -0.125. The largest absolute Gasteiger partial charge is 0.356 e. The van der Waals surface area contributed by atoms with Crippen molar-refractivity contribution in [2.24, 2.45) is 5.92 Å². The van der Waals surface area contributed by atoms with Crippen molar-refractivity contribution in [2.45, 2.75) is 69.1 Å². The van der Waals surface area contributed by atoms with Crippen molar-refractivity contribution < 1.29 is 13.2 Å². The van der Waals surface area contributed by atoms with Crippen molar-refractivity contribution in [2.75, 3.05) is 37.6 Å². The van der Waals surface area contributed by atoms with Crippen LogP contribution in [-0.2, 0) is 14.8 Å². The Morgan fingerprint density at radius 1 is 1.00 bits per heavy atom. The molecule has 5 rings (SSSR count). The second-order valence-corrected chi connectivity index (χ2v) is 12.4. The van der Waals surface area contributed by atoms with E-state index in [2.05, 4.69) is 16.3 Å². The lowest BCUT2D eigenvalue weighted by Crippen LogP contribution is -2.43. The van der Waals surface area contributed by atoms with Gasteiger partial charge in [-0.15, -0.1) is 0 Å². The first kappa shape index (κ1) is 25.2. The van der Waals surface area contributed by atoms with Crippen LogP contribution in [0.2, 0.25) is 0 Å². The number of nitrogens with one attached hydrogen (secondary N) is 1. The summed E-state index contributed by atoms with van der Waals surface area (Å²) in [4.78, 5) is 20.2. The first-order valence-electron chi connectivity index (χ1n) is 13.6. The molecule has 1 aliphatic carbocycles. The number of amides is 1. The maximum Gasteiger partial charge on any atom is 0.243 e. The molecule has 7 nitrogen and oxygen atoms in total. The molecule has 194 valence electrons. The SMILES string of the molecule is O=C(NCCC1=CCCCC1)[C@H]1CCCN(c2ccc3cc(S(=O)(=O)N4CCCCC4)ccc3n2)C1. The zero-order valence-electron chi connectivity index (χ0n) is 21.1. The summed E-state index contributed by atoms with van der Waals surface area (Å²) in [7, 11) is -3.47. The van der Waals surface area contributed by atoms with E-state index in [1.807, 2.05) is 18.2 Å². The maximum atomic E-state index is 13.1. The number of benzene rings is 1. The number of carbonyl (C=O) groups is 1. The standard InChI is InChI=1S/C28H38N4O3S/c33-28(29-16-15-22-8-3-1-4-9-22)24-10-7-17-31(21-24)27-14-11-23-20-25(12-13-26(23)30-27)36(34,35)32-18-5-2-6-19-32/h8,11-14,20,24H,1-7,9-10,15-19,21H2,(H,29,33)/t24-/m0/s1. The van der Waals surface area contributed by atoms with Crippen LogP contribution in [0.1, 0.15) is 64.2 Å². The predicted octanol–water partition coefficient (Wildman–Crippen LogP) is 4.63. The highest BCUT2D eigenvalue weighted by molar-refractivity contribution is 7.89. The Hall–Kier alpha value is -2.45. The number of rotatable bonds is 7. The third-order valence-electron chi connectivity index (χ3n) is 7.85. The molecule has 1 atom stereocenters. The van der Waals surface area contributed by atoms with Crippen molar-refractivity contribution >= 4 is 32.7 Å². The van der Waals surface area contributed by atoms with E-state index in [0.717, 1.165) is 68.3 Å². The van der Waals surface area contributed by atoms with Crippen LogP contribution in [0.3, 0.4) is 0 Å². The van der Waals surface area contributed by atoms with Gasteiger partial charge < -0.3 is 10.2 Å². The third kappa shape index (κ3) is 5.75. The summed E-state index contributed by atoms with van der Waals surface area (Å²) in [5.41, 5.74) is 2.26. The number of fused-ring (bicyclic) bond motifs is 1. The zero-order chi connectivity index (χ0) is 25.0. The molecule has 3 aliphatic rings. The number of piperidine rings is 2. The van der Waals surface area contributed by atoms with Crippen molar-refractivity contribution in [3.63, 3.8) is 0 Å². The van der Waals surface area contributed by atoms with Gasteiger partial charge in [0.1, 0.15) is 5.82 Å². The fourth-order valence-corrected chi connectivity index (χ4v) is 7.26. The molecule has 2 aromatic rings. The molecule has 36 heavy (non-hydrogen) atoms. The average Bonchev–Trinajstić information content (AvgIpc) is 2.93. The molecule has 0 saturated carbocycles. The first-order chi connectivity index (χ1) is 17.5. The van der Waals surface area contributed by atoms with E-state index in [1.165, 1.54) is 31.3 Å². The number of aromatic nitrogens is 1. The molecule has 0 radical (unpaired) electrons. The van der Waals surface area contributed by atoms with Crippen LogP contribution >= 0.6 is 0 Å². The van der Waals surface area contributed by atoms with Crippen LogP contribution in [0.15, 0.2) is 46.9 Å². The fourth-order valence-electron chi connectivity index (χ4n) is 5.71. The van der Waals surface area contributed by atoms with Crippen molar-refractivity contribution in [3.05, 3.63) is 42.0 Å². The molecular weight excluding hydrogens is 472 g/mol. The van der Waals surface area contributed by atoms with Crippen LogP contribution in [0.5, 0.6) is 0 Å². The topological polar surface area (TPSA) is 82.6 Å². The number of sulfonamides is 1. The number of nitrogens with zero attached hydrogens (tertiary/aromatic N) is 3. The second kappa shape index (κ2) is 11.3. The van der Waals surface area contributed by atoms with E-state index >= 15 is 0 Å². The Balaban J connectivity index is 1.22. The van der Waals surface area contributed by atoms with Crippen molar-refractivity contribution in [1.29, 1.82) is 0 Å². The third-order valence-corrected chi connectivity index (χ3v) is 9.74. The monoisotopic (exact) mass is 510 g/mol. The lowest BCUT2D eigenvalue weighted by Gasteiger charge is -2.33. The summed E-state index contributed by atoms with van der Waals surface area (Å²) in [6.07, 6.45) is 13.0. The molecule has 1 N–H and O–H groups in total. The molecule has 0 bridgehead atoms. The van der Waals surface area contributed by atoms with E-state index in [0.29, 0.717) is 24.5 Å². The first-order valence-corrected chi connectivity index (χ1v) is 15.1. The van der Waals surface area contributed by atoms with Crippen LogP contribution in [0, 0.1) is 5.92 Å². The van der Waals surface area contributed by atoms with E-state index in [-0.39, 0.29) is 11.8 Å². The number of anilines is 1. The summed E-state index contributed by atoms with van der Waals surface area (Å²) < 4.78 is 27.7. The smallest absolute Gasteiger partial charge is 0.243 e. The normalized spacial score (nSPS) is 21.8. The number of allylic oxidation sites excluding steroid dienone is 1.